The smallest absolute Gasteiger partial charge is 0.545 e. The van der Waals surface area contributed by atoms with Crippen LogP contribution >= 0.6 is 0 Å². The van der Waals surface area contributed by atoms with Crippen molar-refractivity contribution in [2.24, 2.45) is 0 Å². The van der Waals surface area contributed by atoms with Gasteiger partial charge in [0.2, 0.25) is 0 Å². The Morgan fingerprint density at radius 2 is 0.300 bits per heavy atom. The SMILES string of the molecule is CS(C)=O.CS(C)=O.CS(C)=O.CS(C)=O.Cc1ccc(C(=O)[O-])cc1.Cc1ccc(C(=O)[O-])cc1.Cc1ccc(C(=O)[O-])cc1.Cc1ccc(C(=O)[O-])cc1.Cc1ccc(C(=O)[O-])cc1.Cc1ccc(C(=O)[O-])cc1.[OH3+].[OH3+].[Y+3].[Y+3]. The van der Waals surface area contributed by atoms with Gasteiger partial charge in [0, 0.05) is 93.2 Å². The molecule has 0 unspecified atom stereocenters. The first kappa shape index (κ1) is 91.4. The van der Waals surface area contributed by atoms with Crippen LogP contribution in [0.5, 0.6) is 0 Å². The van der Waals surface area contributed by atoms with Gasteiger partial charge in [-0.3, -0.25) is 16.8 Å². The predicted octanol–water partition coefficient (Wildman–Crippen LogP) is 0.281. The molecule has 0 spiro atoms. The summed E-state index contributed by atoms with van der Waals surface area (Å²) in [5.41, 5.74) is 7.64. The number of carboxylic acids is 6. The average Bonchev–Trinajstić information content (AvgIpc) is 3.30. The molecule has 0 aliphatic carbocycles. The molecule has 18 nitrogen and oxygen atoms in total. The van der Waals surface area contributed by atoms with Gasteiger partial charge in [0.25, 0.3) is 0 Å². The molecule has 0 atom stereocenters. The van der Waals surface area contributed by atoms with Crippen LogP contribution in [0.3, 0.4) is 0 Å². The van der Waals surface area contributed by atoms with Crippen molar-refractivity contribution in [3.63, 3.8) is 0 Å². The van der Waals surface area contributed by atoms with Crippen LogP contribution in [0.15, 0.2) is 146 Å². The van der Waals surface area contributed by atoms with Crippen molar-refractivity contribution in [1.82, 2.24) is 0 Å². The van der Waals surface area contributed by atoms with E-state index in [1.54, 1.807) is 123 Å². The van der Waals surface area contributed by atoms with E-state index in [0.29, 0.717) is 0 Å². The number of benzene rings is 6. The summed E-state index contributed by atoms with van der Waals surface area (Å²) in [6.45, 7) is 11.4. The zero-order chi connectivity index (χ0) is 59.7. The normalized spacial score (nSPS) is 8.72. The summed E-state index contributed by atoms with van der Waals surface area (Å²) in [6, 6.07) is 39.3. The van der Waals surface area contributed by atoms with E-state index in [4.69, 9.17) is 0 Å². The van der Waals surface area contributed by atoms with E-state index in [0.717, 1.165) is 33.4 Å². The molecule has 6 N–H and O–H groups in total. The van der Waals surface area contributed by atoms with Gasteiger partial charge in [-0.2, -0.15) is 0 Å². The molecular formula is C56H72O18S4Y2+2. The molecule has 6 aromatic carbocycles. The Hall–Kier alpha value is -5.13. The van der Waals surface area contributed by atoms with Crippen molar-refractivity contribution >= 4 is 79.0 Å². The van der Waals surface area contributed by atoms with Crippen molar-refractivity contribution < 1.29 is 153 Å². The maximum absolute atomic E-state index is 10.2. The molecule has 24 heteroatoms. The Morgan fingerprint density at radius 3 is 0.350 bits per heavy atom. The van der Waals surface area contributed by atoms with Gasteiger partial charge in [-0.1, -0.05) is 179 Å². The second kappa shape index (κ2) is 54.5. The largest absolute Gasteiger partial charge is 3.00 e. The van der Waals surface area contributed by atoms with Gasteiger partial charge in [-0.25, -0.2) is 0 Å². The molecule has 0 aliphatic rings. The molecule has 0 fully saturated rings. The number of aryl methyl sites for hydroxylation is 6. The molecule has 432 valence electrons. The fourth-order valence-corrected chi connectivity index (χ4v) is 4.14. The van der Waals surface area contributed by atoms with Crippen molar-refractivity contribution in [3.05, 3.63) is 212 Å². The topological polar surface area (TPSA) is 375 Å². The van der Waals surface area contributed by atoms with E-state index in [-0.39, 0.29) is 110 Å². The van der Waals surface area contributed by atoms with Crippen LogP contribution in [0.2, 0.25) is 0 Å². The quantitative estimate of drug-likeness (QED) is 0.202. The van der Waals surface area contributed by atoms with Gasteiger partial charge < -0.3 is 70.4 Å². The fraction of sp³-hybridized carbons (Fsp3) is 0.250. The average molecular weight is 1340 g/mol. The predicted molar refractivity (Wildman–Crippen MR) is 303 cm³/mol. The monoisotopic (exact) mass is 1340 g/mol. The minimum absolute atomic E-state index is 0. The van der Waals surface area contributed by atoms with Crippen LogP contribution in [0.1, 0.15) is 95.5 Å². The molecular weight excluding hydrogens is 1270 g/mol. The molecule has 6 rings (SSSR count). The van der Waals surface area contributed by atoms with Gasteiger partial charge in [0.05, 0.1) is 35.8 Å². The maximum atomic E-state index is 10.2. The Kier molecular flexibility index (Phi) is 62.2. The third kappa shape index (κ3) is 60.5. The number of carboxylic acid groups (broad SMARTS) is 6. The van der Waals surface area contributed by atoms with E-state index in [9.17, 15) is 76.2 Å². The Balaban J connectivity index is -0.000000122. The van der Waals surface area contributed by atoms with E-state index >= 15 is 0 Å². The van der Waals surface area contributed by atoms with Crippen LogP contribution < -0.4 is 30.6 Å². The second-order valence-corrected chi connectivity index (χ2v) is 21.8. The molecule has 0 amide bonds. The molecule has 0 heterocycles. The Bertz CT molecular complexity index is 2250. The van der Waals surface area contributed by atoms with E-state index < -0.39 is 79.0 Å². The van der Waals surface area contributed by atoms with E-state index in [1.807, 2.05) is 41.5 Å². The molecule has 0 aliphatic heterocycles. The third-order valence-corrected chi connectivity index (χ3v) is 7.72. The summed E-state index contributed by atoms with van der Waals surface area (Å²) in [7, 11) is -2.44. The van der Waals surface area contributed by atoms with Crippen LogP contribution in [0.25, 0.3) is 0 Å². The molecule has 0 radical (unpaired) electrons. The standard InChI is InChI=1S/6C8H8O2.4C2H6OS.2H2O.2Y/c6*1-6-2-4-7(5-3-6)8(9)10;4*1-4(2)3;;;;/h6*2-5H,1H3,(H,9,10);4*1-2H3;2*1H2;;/q;;;;;;;;;;;;2*+3/p-4. The van der Waals surface area contributed by atoms with Gasteiger partial charge in [-0.15, -0.1) is 0 Å². The fourth-order valence-electron chi connectivity index (χ4n) is 4.14. The number of rotatable bonds is 6. The van der Waals surface area contributed by atoms with E-state index in [2.05, 4.69) is 0 Å². The first-order valence-electron chi connectivity index (χ1n) is 21.8. The summed E-state index contributed by atoms with van der Waals surface area (Å²) in [5, 5.41) is 61.2. The number of hydrogen-bond donors (Lipinski definition) is 0. The van der Waals surface area contributed by atoms with Crippen molar-refractivity contribution in [1.29, 1.82) is 0 Å². The maximum Gasteiger partial charge on any atom is 3.00 e. The molecule has 0 saturated carbocycles. The van der Waals surface area contributed by atoms with Gasteiger partial charge in [0.15, 0.2) is 0 Å². The van der Waals surface area contributed by atoms with E-state index in [1.165, 1.54) is 72.8 Å². The summed E-state index contributed by atoms with van der Waals surface area (Å²) in [4.78, 5) is 61.2. The number of aromatic carboxylic acids is 6. The van der Waals surface area contributed by atoms with Gasteiger partial charge >= 0.3 is 65.4 Å². The zero-order valence-electron chi connectivity index (χ0n) is 47.3. The first-order chi connectivity index (χ1) is 35.1. The molecule has 0 saturated heterocycles. The summed E-state index contributed by atoms with van der Waals surface area (Å²) < 4.78 is 38.2. The number of carbonyl (C=O) groups excluding carboxylic acids is 6. The van der Waals surface area contributed by atoms with Crippen LogP contribution in [-0.2, 0) is 120 Å². The van der Waals surface area contributed by atoms with Crippen molar-refractivity contribution in [3.8, 4) is 0 Å². The van der Waals surface area contributed by atoms with Crippen molar-refractivity contribution in [2.75, 3.05) is 50.0 Å². The van der Waals surface area contributed by atoms with Gasteiger partial charge in [0.1, 0.15) is 0 Å². The number of hydrogen-bond acceptors (Lipinski definition) is 16. The summed E-state index contributed by atoms with van der Waals surface area (Å²) in [6.07, 6.45) is 13.1. The molecule has 6 aromatic rings. The van der Waals surface area contributed by atoms with Crippen LogP contribution in [0.4, 0.5) is 0 Å². The molecule has 0 bridgehead atoms. The first-order valence-corrected chi connectivity index (χ1v) is 29.7. The van der Waals surface area contributed by atoms with Crippen LogP contribution in [0, 0.1) is 41.5 Å². The third-order valence-electron chi connectivity index (χ3n) is 7.72. The van der Waals surface area contributed by atoms with Crippen LogP contribution in [-0.4, -0.2) is 103 Å². The summed E-state index contributed by atoms with van der Waals surface area (Å²) in [5.74, 6) is -6.75. The Morgan fingerprint density at radius 1 is 0.237 bits per heavy atom. The minimum Gasteiger partial charge on any atom is -0.545 e. The summed E-state index contributed by atoms with van der Waals surface area (Å²) >= 11 is 0. The number of carbonyl (C=O) groups is 6. The van der Waals surface area contributed by atoms with Crippen molar-refractivity contribution in [2.45, 2.75) is 41.5 Å². The second-order valence-electron chi connectivity index (χ2n) is 15.9. The minimum atomic E-state index is -1.12. The van der Waals surface area contributed by atoms with Gasteiger partial charge in [-0.05, 0) is 74.9 Å². The Labute approximate surface area is 530 Å². The molecule has 80 heavy (non-hydrogen) atoms. The zero-order valence-corrected chi connectivity index (χ0v) is 56.3. The molecule has 0 aromatic heterocycles.